The van der Waals surface area contributed by atoms with Crippen molar-refractivity contribution in [3.8, 4) is 0 Å². The third-order valence-electron chi connectivity index (χ3n) is 3.53. The molecular weight excluding hydrogens is 256 g/mol. The van der Waals surface area contributed by atoms with Gasteiger partial charge in [-0.15, -0.1) is 11.6 Å². The molecule has 0 aromatic heterocycles. The van der Waals surface area contributed by atoms with Gasteiger partial charge in [0.1, 0.15) is 0 Å². The summed E-state index contributed by atoms with van der Waals surface area (Å²) in [7, 11) is 0. The lowest BCUT2D eigenvalue weighted by atomic mass is 9.80. The summed E-state index contributed by atoms with van der Waals surface area (Å²) in [4.78, 5) is 0. The van der Waals surface area contributed by atoms with Gasteiger partial charge in [-0.2, -0.15) is 0 Å². The van der Waals surface area contributed by atoms with Crippen molar-refractivity contribution in [2.45, 2.75) is 46.6 Å². The molecule has 1 nitrogen and oxygen atoms in total. The van der Waals surface area contributed by atoms with Crippen LogP contribution in [0.4, 0.5) is 0 Å². The number of hydrogen-bond donors (Lipinski definition) is 0. The van der Waals surface area contributed by atoms with Crippen LogP contribution in [-0.2, 0) is 11.3 Å². The van der Waals surface area contributed by atoms with Gasteiger partial charge in [-0.3, -0.25) is 0 Å². The van der Waals surface area contributed by atoms with Crippen LogP contribution < -0.4 is 0 Å². The molecule has 0 aliphatic heterocycles. The second-order valence-electron chi connectivity index (χ2n) is 6.00. The highest BCUT2D eigenvalue weighted by molar-refractivity contribution is 6.18. The first kappa shape index (κ1) is 16.5. The smallest absolute Gasteiger partial charge is 0.0717 e. The van der Waals surface area contributed by atoms with Crippen molar-refractivity contribution in [2.24, 2.45) is 11.3 Å². The third kappa shape index (κ3) is 6.44. The Morgan fingerprint density at radius 1 is 1.26 bits per heavy atom. The quantitative estimate of drug-likeness (QED) is 0.560. The zero-order chi connectivity index (χ0) is 14.1. The average Bonchev–Trinajstić information content (AvgIpc) is 2.40. The van der Waals surface area contributed by atoms with Gasteiger partial charge in [-0.1, -0.05) is 57.5 Å². The van der Waals surface area contributed by atoms with E-state index in [1.54, 1.807) is 0 Å². The van der Waals surface area contributed by atoms with Crippen molar-refractivity contribution in [3.05, 3.63) is 35.9 Å². The number of benzene rings is 1. The van der Waals surface area contributed by atoms with Crippen LogP contribution >= 0.6 is 11.6 Å². The molecule has 0 bridgehead atoms. The molecule has 0 fully saturated rings. The van der Waals surface area contributed by atoms with Crippen molar-refractivity contribution < 1.29 is 4.74 Å². The van der Waals surface area contributed by atoms with Crippen LogP contribution in [0.5, 0.6) is 0 Å². The van der Waals surface area contributed by atoms with Gasteiger partial charge in [0.2, 0.25) is 0 Å². The highest BCUT2D eigenvalue weighted by atomic mass is 35.5. The monoisotopic (exact) mass is 282 g/mol. The Bertz CT molecular complexity index is 338. The SMILES string of the molecule is CCCC(C)(CCl)CC(C)COCc1ccccc1. The molecule has 19 heavy (non-hydrogen) atoms. The van der Waals surface area contributed by atoms with E-state index in [0.29, 0.717) is 12.5 Å². The number of hydrogen-bond acceptors (Lipinski definition) is 1. The molecule has 0 aliphatic rings. The van der Waals surface area contributed by atoms with E-state index < -0.39 is 0 Å². The summed E-state index contributed by atoms with van der Waals surface area (Å²) in [5, 5.41) is 0. The van der Waals surface area contributed by atoms with Gasteiger partial charge in [0, 0.05) is 12.5 Å². The largest absolute Gasteiger partial charge is 0.376 e. The van der Waals surface area contributed by atoms with Gasteiger partial charge < -0.3 is 4.74 Å². The maximum absolute atomic E-state index is 6.12. The summed E-state index contributed by atoms with van der Waals surface area (Å²) in [6, 6.07) is 10.3. The lowest BCUT2D eigenvalue weighted by Gasteiger charge is -2.29. The minimum atomic E-state index is 0.256. The molecule has 0 saturated carbocycles. The number of alkyl halides is 1. The van der Waals surface area contributed by atoms with E-state index in [1.165, 1.54) is 18.4 Å². The van der Waals surface area contributed by atoms with Gasteiger partial charge in [0.25, 0.3) is 0 Å². The molecular formula is C17H27ClO. The average molecular weight is 283 g/mol. The fraction of sp³-hybridized carbons (Fsp3) is 0.647. The zero-order valence-corrected chi connectivity index (χ0v) is 13.2. The predicted octanol–water partition coefficient (Wildman–Crippen LogP) is 5.27. The Kier molecular flexibility index (Phi) is 7.48. The van der Waals surface area contributed by atoms with E-state index in [1.807, 2.05) is 18.2 Å². The van der Waals surface area contributed by atoms with E-state index >= 15 is 0 Å². The molecule has 0 heterocycles. The molecule has 1 aromatic carbocycles. The molecule has 0 radical (unpaired) electrons. The maximum Gasteiger partial charge on any atom is 0.0717 e. The summed E-state index contributed by atoms with van der Waals surface area (Å²) in [6.07, 6.45) is 3.53. The second kappa shape index (κ2) is 8.60. The van der Waals surface area contributed by atoms with E-state index in [9.17, 15) is 0 Å². The van der Waals surface area contributed by atoms with Gasteiger partial charge in [-0.25, -0.2) is 0 Å². The van der Waals surface area contributed by atoms with E-state index in [-0.39, 0.29) is 5.41 Å². The standard InChI is InChI=1S/C17H27ClO/c1-4-10-17(3,14-18)11-15(2)12-19-13-16-8-6-5-7-9-16/h5-9,15H,4,10-14H2,1-3H3. The van der Waals surface area contributed by atoms with E-state index in [0.717, 1.165) is 18.9 Å². The fourth-order valence-electron chi connectivity index (χ4n) is 2.68. The summed E-state index contributed by atoms with van der Waals surface area (Å²) in [5.74, 6) is 1.29. The normalized spacial score (nSPS) is 16.0. The molecule has 0 spiro atoms. The number of rotatable bonds is 9. The van der Waals surface area contributed by atoms with Gasteiger partial charge >= 0.3 is 0 Å². The molecule has 2 heteroatoms. The molecule has 0 aliphatic carbocycles. The van der Waals surface area contributed by atoms with Crippen LogP contribution in [0, 0.1) is 11.3 Å². The molecule has 108 valence electrons. The Labute approximate surface area is 123 Å². The minimum absolute atomic E-state index is 0.256. The molecule has 1 rings (SSSR count). The van der Waals surface area contributed by atoms with Crippen LogP contribution in [-0.4, -0.2) is 12.5 Å². The number of ether oxygens (including phenoxy) is 1. The lowest BCUT2D eigenvalue weighted by Crippen LogP contribution is -2.23. The van der Waals surface area contributed by atoms with Crippen molar-refractivity contribution in [2.75, 3.05) is 12.5 Å². The van der Waals surface area contributed by atoms with Gasteiger partial charge in [-0.05, 0) is 29.7 Å². The molecule has 2 unspecified atom stereocenters. The topological polar surface area (TPSA) is 9.23 Å². The first-order valence-electron chi connectivity index (χ1n) is 7.27. The molecule has 0 amide bonds. The minimum Gasteiger partial charge on any atom is -0.376 e. The molecule has 1 aromatic rings. The van der Waals surface area contributed by atoms with Crippen LogP contribution in [0.15, 0.2) is 30.3 Å². The highest BCUT2D eigenvalue weighted by Crippen LogP contribution is 2.32. The van der Waals surface area contributed by atoms with Crippen molar-refractivity contribution in [1.82, 2.24) is 0 Å². The summed E-state index contributed by atoms with van der Waals surface area (Å²) < 4.78 is 5.81. The zero-order valence-electron chi connectivity index (χ0n) is 12.5. The first-order valence-corrected chi connectivity index (χ1v) is 7.80. The summed E-state index contributed by atoms with van der Waals surface area (Å²) in [5.41, 5.74) is 1.50. The van der Waals surface area contributed by atoms with Gasteiger partial charge in [0.15, 0.2) is 0 Å². The van der Waals surface area contributed by atoms with Gasteiger partial charge in [0.05, 0.1) is 6.61 Å². The molecule has 0 saturated heterocycles. The number of halogens is 1. The van der Waals surface area contributed by atoms with E-state index in [4.69, 9.17) is 16.3 Å². The fourth-order valence-corrected chi connectivity index (χ4v) is 2.92. The summed E-state index contributed by atoms with van der Waals surface area (Å²) in [6.45, 7) is 8.28. The lowest BCUT2D eigenvalue weighted by molar-refractivity contribution is 0.0749. The molecule has 2 atom stereocenters. The van der Waals surface area contributed by atoms with E-state index in [2.05, 4.69) is 32.9 Å². The van der Waals surface area contributed by atoms with Crippen LogP contribution in [0.25, 0.3) is 0 Å². The Morgan fingerprint density at radius 3 is 2.53 bits per heavy atom. The van der Waals surface area contributed by atoms with Crippen LogP contribution in [0.2, 0.25) is 0 Å². The van der Waals surface area contributed by atoms with Crippen molar-refractivity contribution in [3.63, 3.8) is 0 Å². The van der Waals surface area contributed by atoms with Crippen LogP contribution in [0.3, 0.4) is 0 Å². The third-order valence-corrected chi connectivity index (χ3v) is 4.18. The van der Waals surface area contributed by atoms with Crippen molar-refractivity contribution in [1.29, 1.82) is 0 Å². The predicted molar refractivity (Wildman–Crippen MR) is 83.6 cm³/mol. The maximum atomic E-state index is 6.12. The van der Waals surface area contributed by atoms with Crippen LogP contribution in [0.1, 0.15) is 45.6 Å². The first-order chi connectivity index (χ1) is 9.09. The second-order valence-corrected chi connectivity index (χ2v) is 6.27. The Morgan fingerprint density at radius 2 is 1.95 bits per heavy atom. The van der Waals surface area contributed by atoms with Crippen molar-refractivity contribution >= 4 is 11.6 Å². The Hall–Kier alpha value is -0.530. The molecule has 0 N–H and O–H groups in total. The Balaban J connectivity index is 2.29. The summed E-state index contributed by atoms with van der Waals surface area (Å²) >= 11 is 6.12. The highest BCUT2D eigenvalue weighted by Gasteiger charge is 2.24.